The van der Waals surface area contributed by atoms with Crippen molar-refractivity contribution in [2.75, 3.05) is 37.2 Å². The molecule has 0 atom stereocenters. The fourth-order valence-corrected chi connectivity index (χ4v) is 3.19. The number of benzene rings is 1. The molecule has 6 nitrogen and oxygen atoms in total. The van der Waals surface area contributed by atoms with Crippen molar-refractivity contribution in [1.82, 2.24) is 4.90 Å². The molecule has 7 heteroatoms. The summed E-state index contributed by atoms with van der Waals surface area (Å²) >= 11 is 0. The van der Waals surface area contributed by atoms with Crippen LogP contribution in [0.25, 0.3) is 0 Å². The Morgan fingerprint density at radius 2 is 2.00 bits per heavy atom. The molecule has 0 unspecified atom stereocenters. The van der Waals surface area contributed by atoms with Crippen LogP contribution in [0.3, 0.4) is 0 Å². The van der Waals surface area contributed by atoms with Crippen LogP contribution in [0.1, 0.15) is 19.8 Å². The van der Waals surface area contributed by atoms with E-state index in [0.717, 1.165) is 31.9 Å². The van der Waals surface area contributed by atoms with Crippen LogP contribution in [0.4, 0.5) is 11.4 Å². The van der Waals surface area contributed by atoms with Gasteiger partial charge in [0.2, 0.25) is 10.0 Å². The number of primary sulfonamides is 1. The van der Waals surface area contributed by atoms with Gasteiger partial charge in [-0.15, -0.1) is 0 Å². The second-order valence-corrected chi connectivity index (χ2v) is 7.11. The third kappa shape index (κ3) is 4.33. The highest BCUT2D eigenvalue weighted by molar-refractivity contribution is 7.89. The van der Waals surface area contributed by atoms with Gasteiger partial charge in [-0.3, -0.25) is 0 Å². The molecule has 1 aliphatic rings. The van der Waals surface area contributed by atoms with Gasteiger partial charge in [-0.25, -0.2) is 13.6 Å². The van der Waals surface area contributed by atoms with Crippen LogP contribution in [0.2, 0.25) is 0 Å². The Bertz CT molecular complexity index is 581. The van der Waals surface area contributed by atoms with E-state index in [0.29, 0.717) is 11.6 Å². The first-order valence-electron chi connectivity index (χ1n) is 7.28. The van der Waals surface area contributed by atoms with Gasteiger partial charge in [-0.2, -0.15) is 0 Å². The molecule has 1 fully saturated rings. The average Bonchev–Trinajstić information content (AvgIpc) is 2.45. The topological polar surface area (TPSA) is 101 Å². The molecular formula is C14H24N4O2S. The van der Waals surface area contributed by atoms with Gasteiger partial charge in [-0.1, -0.05) is 6.92 Å². The van der Waals surface area contributed by atoms with Crippen molar-refractivity contribution in [3.8, 4) is 0 Å². The van der Waals surface area contributed by atoms with Gasteiger partial charge in [0.25, 0.3) is 0 Å². The number of nitrogens with zero attached hydrogens (tertiary/aromatic N) is 1. The first-order chi connectivity index (χ1) is 9.90. The Morgan fingerprint density at radius 1 is 1.33 bits per heavy atom. The zero-order chi connectivity index (χ0) is 15.5. The van der Waals surface area contributed by atoms with E-state index in [2.05, 4.69) is 17.1 Å². The number of rotatable bonds is 5. The Kier molecular flexibility index (Phi) is 5.08. The number of nitrogens with one attached hydrogen (secondary N) is 1. The van der Waals surface area contributed by atoms with Gasteiger partial charge >= 0.3 is 0 Å². The molecule has 0 aliphatic carbocycles. The zero-order valence-corrected chi connectivity index (χ0v) is 13.2. The summed E-state index contributed by atoms with van der Waals surface area (Å²) < 4.78 is 22.5. The fraction of sp³-hybridized carbons (Fsp3) is 0.571. The summed E-state index contributed by atoms with van der Waals surface area (Å²) in [5.41, 5.74) is 7.06. The lowest BCUT2D eigenvalue weighted by Gasteiger charge is -2.31. The summed E-state index contributed by atoms with van der Waals surface area (Å²) in [6, 6.07) is 4.56. The Hall–Kier alpha value is -1.31. The third-order valence-electron chi connectivity index (χ3n) is 4.09. The number of anilines is 2. The second kappa shape index (κ2) is 6.64. The van der Waals surface area contributed by atoms with Crippen molar-refractivity contribution in [1.29, 1.82) is 0 Å². The van der Waals surface area contributed by atoms with Crippen molar-refractivity contribution >= 4 is 21.4 Å². The quantitative estimate of drug-likeness (QED) is 0.706. The normalized spacial score (nSPS) is 17.8. The maximum Gasteiger partial charge on any atom is 0.238 e. The van der Waals surface area contributed by atoms with Crippen molar-refractivity contribution in [3.05, 3.63) is 18.2 Å². The molecule has 21 heavy (non-hydrogen) atoms. The summed E-state index contributed by atoms with van der Waals surface area (Å²) in [4.78, 5) is 2.49. The highest BCUT2D eigenvalue weighted by atomic mass is 32.2. The molecule has 118 valence electrons. The number of likely N-dealkylation sites (tertiary alicyclic amines) is 1. The molecule has 0 radical (unpaired) electrons. The monoisotopic (exact) mass is 312 g/mol. The van der Waals surface area contributed by atoms with Crippen molar-refractivity contribution in [3.63, 3.8) is 0 Å². The summed E-state index contributed by atoms with van der Waals surface area (Å²) in [7, 11) is -3.70. The van der Waals surface area contributed by atoms with E-state index in [1.807, 2.05) is 0 Å². The molecule has 1 aromatic rings. The van der Waals surface area contributed by atoms with Crippen LogP contribution in [0, 0.1) is 5.92 Å². The van der Waals surface area contributed by atoms with Crippen LogP contribution < -0.4 is 16.2 Å². The number of piperidine rings is 1. The van der Waals surface area contributed by atoms with Gasteiger partial charge in [0.15, 0.2) is 0 Å². The lowest BCUT2D eigenvalue weighted by Crippen LogP contribution is -2.35. The molecule has 1 aromatic carbocycles. The van der Waals surface area contributed by atoms with E-state index < -0.39 is 10.0 Å². The molecule has 0 saturated carbocycles. The number of hydrogen-bond acceptors (Lipinski definition) is 5. The van der Waals surface area contributed by atoms with Crippen LogP contribution in [-0.2, 0) is 10.0 Å². The zero-order valence-electron chi connectivity index (χ0n) is 12.4. The maximum absolute atomic E-state index is 11.3. The number of sulfonamides is 1. The van der Waals surface area contributed by atoms with Gasteiger partial charge in [0.05, 0.1) is 16.3 Å². The minimum Gasteiger partial charge on any atom is -0.397 e. The third-order valence-corrected chi connectivity index (χ3v) is 5.00. The lowest BCUT2D eigenvalue weighted by molar-refractivity contribution is 0.198. The highest BCUT2D eigenvalue weighted by Crippen LogP contribution is 2.24. The van der Waals surface area contributed by atoms with E-state index in [9.17, 15) is 8.42 Å². The molecule has 5 N–H and O–H groups in total. The minimum absolute atomic E-state index is 0.0433. The smallest absolute Gasteiger partial charge is 0.238 e. The van der Waals surface area contributed by atoms with Crippen LogP contribution >= 0.6 is 0 Å². The van der Waals surface area contributed by atoms with Gasteiger partial charge < -0.3 is 16.0 Å². The molecule has 0 amide bonds. The van der Waals surface area contributed by atoms with Gasteiger partial charge in [0, 0.05) is 6.54 Å². The number of hydrogen-bond donors (Lipinski definition) is 3. The molecule has 1 heterocycles. The molecule has 2 rings (SSSR count). The molecule has 0 spiro atoms. The van der Waals surface area contributed by atoms with Crippen molar-refractivity contribution in [2.24, 2.45) is 11.1 Å². The van der Waals surface area contributed by atoms with E-state index in [4.69, 9.17) is 10.9 Å². The second-order valence-electron chi connectivity index (χ2n) is 5.55. The standard InChI is InChI=1S/C14H24N4O2S/c1-2-18-7-5-11(6-8-18)10-17-14-4-3-12(9-13(14)15)21(16,19)20/h3-4,9,11,17H,2,5-8,10,15H2,1H3,(H2,16,19,20). The lowest BCUT2D eigenvalue weighted by atomic mass is 9.97. The summed E-state index contributed by atoms with van der Waals surface area (Å²) in [6.45, 7) is 6.44. The predicted molar refractivity (Wildman–Crippen MR) is 85.6 cm³/mol. The summed E-state index contributed by atoms with van der Waals surface area (Å²) in [5.74, 6) is 0.630. The predicted octanol–water partition coefficient (Wildman–Crippen LogP) is 1.06. The minimum atomic E-state index is -3.70. The molecular weight excluding hydrogens is 288 g/mol. The molecule has 1 saturated heterocycles. The fourth-order valence-electron chi connectivity index (χ4n) is 2.64. The van der Waals surface area contributed by atoms with E-state index in [1.54, 1.807) is 6.07 Å². The van der Waals surface area contributed by atoms with Crippen LogP contribution in [-0.4, -0.2) is 39.5 Å². The van der Waals surface area contributed by atoms with Crippen molar-refractivity contribution in [2.45, 2.75) is 24.7 Å². The Balaban J connectivity index is 1.92. The summed E-state index contributed by atoms with van der Waals surface area (Å²) in [5, 5.41) is 8.40. The van der Waals surface area contributed by atoms with E-state index >= 15 is 0 Å². The molecule has 0 bridgehead atoms. The maximum atomic E-state index is 11.3. The first kappa shape index (κ1) is 16.1. The first-order valence-corrected chi connectivity index (χ1v) is 8.83. The van der Waals surface area contributed by atoms with Gasteiger partial charge in [0.1, 0.15) is 0 Å². The van der Waals surface area contributed by atoms with Crippen molar-refractivity contribution < 1.29 is 8.42 Å². The molecule has 0 aromatic heterocycles. The SMILES string of the molecule is CCN1CCC(CNc2ccc(S(N)(=O)=O)cc2N)CC1. The Labute approximate surface area is 126 Å². The summed E-state index contributed by atoms with van der Waals surface area (Å²) in [6.07, 6.45) is 2.35. The Morgan fingerprint density at radius 3 is 2.52 bits per heavy atom. The largest absolute Gasteiger partial charge is 0.397 e. The molecule has 1 aliphatic heterocycles. The average molecular weight is 312 g/mol. The number of nitrogens with two attached hydrogens (primary N) is 2. The van der Waals surface area contributed by atoms with E-state index in [-0.39, 0.29) is 4.90 Å². The highest BCUT2D eigenvalue weighted by Gasteiger charge is 2.18. The van der Waals surface area contributed by atoms with Crippen LogP contribution in [0.15, 0.2) is 23.1 Å². The number of nitrogen functional groups attached to an aromatic ring is 1. The van der Waals surface area contributed by atoms with Gasteiger partial charge in [-0.05, 0) is 56.6 Å². The van der Waals surface area contributed by atoms with E-state index in [1.165, 1.54) is 25.0 Å². The van der Waals surface area contributed by atoms with Crippen LogP contribution in [0.5, 0.6) is 0 Å².